The van der Waals surface area contributed by atoms with E-state index in [4.69, 9.17) is 0 Å². The van der Waals surface area contributed by atoms with Crippen LogP contribution in [0, 0.1) is 6.92 Å². The Morgan fingerprint density at radius 3 is 2.65 bits per heavy atom. The molecule has 5 heteroatoms. The number of rotatable bonds is 5. The predicted molar refractivity (Wildman–Crippen MR) is 84.3 cm³/mol. The number of benzene rings is 1. The lowest BCUT2D eigenvalue weighted by Gasteiger charge is -2.06. The van der Waals surface area contributed by atoms with E-state index in [-0.39, 0.29) is 12.5 Å². The van der Waals surface area contributed by atoms with Gasteiger partial charge in [0.25, 0.3) is 5.91 Å². The monoisotopic (exact) mass is 287 g/mol. The molecule has 0 atom stereocenters. The molecule has 4 nitrogen and oxygen atoms in total. The van der Waals surface area contributed by atoms with Crippen molar-refractivity contribution in [3.05, 3.63) is 52.2 Å². The highest BCUT2D eigenvalue weighted by molar-refractivity contribution is 7.12. The molecule has 1 amide bonds. The lowest BCUT2D eigenvalue weighted by Crippen LogP contribution is -2.26. The maximum absolute atomic E-state index is 11.7. The number of hydrazone groups is 1. The summed E-state index contributed by atoms with van der Waals surface area (Å²) in [5, 5.41) is 9.11. The molecule has 0 fully saturated rings. The number of carbonyl (C=O) groups excluding carboxylic acids is 1. The van der Waals surface area contributed by atoms with Crippen LogP contribution in [0.2, 0.25) is 0 Å². The summed E-state index contributed by atoms with van der Waals surface area (Å²) in [4.78, 5) is 12.7. The van der Waals surface area contributed by atoms with Crippen LogP contribution in [0.1, 0.15) is 17.4 Å². The average molecular weight is 287 g/mol. The first-order chi connectivity index (χ1) is 9.65. The number of anilines is 1. The highest BCUT2D eigenvalue weighted by Crippen LogP contribution is 2.09. The number of carbonyl (C=O) groups is 1. The predicted octanol–water partition coefficient (Wildman–Crippen LogP) is 3.01. The fraction of sp³-hybridized carbons (Fsp3) is 0.200. The summed E-state index contributed by atoms with van der Waals surface area (Å²) in [5.74, 6) is -0.165. The molecule has 1 aromatic carbocycles. The Morgan fingerprint density at radius 1 is 1.25 bits per heavy atom. The minimum Gasteiger partial charge on any atom is -0.376 e. The van der Waals surface area contributed by atoms with E-state index in [1.165, 1.54) is 5.56 Å². The van der Waals surface area contributed by atoms with Crippen LogP contribution in [0.5, 0.6) is 0 Å². The maximum atomic E-state index is 11.7. The zero-order chi connectivity index (χ0) is 14.4. The molecule has 1 aromatic heterocycles. The topological polar surface area (TPSA) is 53.5 Å². The summed E-state index contributed by atoms with van der Waals surface area (Å²) in [6.07, 6.45) is 0. The van der Waals surface area contributed by atoms with Crippen LogP contribution in [0.4, 0.5) is 5.69 Å². The van der Waals surface area contributed by atoms with Crippen molar-refractivity contribution < 1.29 is 4.79 Å². The summed E-state index contributed by atoms with van der Waals surface area (Å²) >= 11 is 1.60. The molecule has 20 heavy (non-hydrogen) atoms. The van der Waals surface area contributed by atoms with Gasteiger partial charge in [-0.2, -0.15) is 5.10 Å². The lowest BCUT2D eigenvalue weighted by molar-refractivity contribution is -0.119. The second-order valence-corrected chi connectivity index (χ2v) is 5.38. The van der Waals surface area contributed by atoms with Crippen molar-refractivity contribution in [2.45, 2.75) is 13.8 Å². The molecular weight excluding hydrogens is 270 g/mol. The van der Waals surface area contributed by atoms with Gasteiger partial charge in [0.05, 0.1) is 12.3 Å². The molecule has 0 bridgehead atoms. The van der Waals surface area contributed by atoms with Crippen molar-refractivity contribution in [2.24, 2.45) is 5.10 Å². The summed E-state index contributed by atoms with van der Waals surface area (Å²) in [6.45, 7) is 4.10. The first kappa shape index (κ1) is 14.3. The Hall–Kier alpha value is -2.14. The van der Waals surface area contributed by atoms with Crippen LogP contribution < -0.4 is 10.7 Å². The van der Waals surface area contributed by atoms with Gasteiger partial charge in [-0.15, -0.1) is 11.3 Å². The van der Waals surface area contributed by atoms with Crippen LogP contribution in [-0.4, -0.2) is 18.2 Å². The molecule has 0 spiro atoms. The Morgan fingerprint density at radius 2 is 2.00 bits per heavy atom. The third-order valence-electron chi connectivity index (χ3n) is 2.73. The molecular formula is C15H17N3OS. The molecule has 2 aromatic rings. The van der Waals surface area contributed by atoms with Crippen LogP contribution in [0.25, 0.3) is 0 Å². The zero-order valence-electron chi connectivity index (χ0n) is 11.5. The van der Waals surface area contributed by atoms with E-state index in [1.807, 2.05) is 55.6 Å². The molecule has 0 aliphatic rings. The van der Waals surface area contributed by atoms with Gasteiger partial charge < -0.3 is 5.32 Å². The van der Waals surface area contributed by atoms with Gasteiger partial charge in [0.2, 0.25) is 0 Å². The van der Waals surface area contributed by atoms with E-state index in [0.29, 0.717) is 0 Å². The average Bonchev–Trinajstić information content (AvgIpc) is 2.98. The van der Waals surface area contributed by atoms with Gasteiger partial charge in [-0.1, -0.05) is 23.8 Å². The Labute approximate surface area is 122 Å². The van der Waals surface area contributed by atoms with Crippen LogP contribution in [0.3, 0.4) is 0 Å². The lowest BCUT2D eigenvalue weighted by atomic mass is 10.2. The van der Waals surface area contributed by atoms with E-state index >= 15 is 0 Å². The standard InChI is InChI=1S/C15H17N3OS/c1-11-5-7-13(8-6-11)16-10-15(19)18-17-12(2)14-4-3-9-20-14/h3-9,16H,10H2,1-2H3,(H,18,19)/b17-12+. The smallest absolute Gasteiger partial charge is 0.259 e. The number of thiophene rings is 1. The first-order valence-corrected chi connectivity index (χ1v) is 7.20. The van der Waals surface area contributed by atoms with Crippen molar-refractivity contribution in [3.63, 3.8) is 0 Å². The van der Waals surface area contributed by atoms with E-state index in [1.54, 1.807) is 11.3 Å². The molecule has 104 valence electrons. The second kappa shape index (κ2) is 6.86. The summed E-state index contributed by atoms with van der Waals surface area (Å²) in [7, 11) is 0. The molecule has 0 radical (unpaired) electrons. The second-order valence-electron chi connectivity index (χ2n) is 4.43. The fourth-order valence-electron chi connectivity index (χ4n) is 1.58. The quantitative estimate of drug-likeness (QED) is 0.656. The van der Waals surface area contributed by atoms with Crippen molar-refractivity contribution in [3.8, 4) is 0 Å². The molecule has 0 aliphatic heterocycles. The highest BCUT2D eigenvalue weighted by Gasteiger charge is 2.02. The minimum atomic E-state index is -0.165. The molecule has 0 saturated heterocycles. The fourth-order valence-corrected chi connectivity index (χ4v) is 2.26. The van der Waals surface area contributed by atoms with E-state index in [0.717, 1.165) is 16.3 Å². The Kier molecular flexibility index (Phi) is 4.90. The van der Waals surface area contributed by atoms with Crippen molar-refractivity contribution in [2.75, 3.05) is 11.9 Å². The number of nitrogens with zero attached hydrogens (tertiary/aromatic N) is 1. The third-order valence-corrected chi connectivity index (χ3v) is 3.71. The zero-order valence-corrected chi connectivity index (χ0v) is 12.3. The van der Waals surface area contributed by atoms with Gasteiger partial charge in [-0.05, 0) is 37.4 Å². The molecule has 1 heterocycles. The number of aryl methyl sites for hydroxylation is 1. The van der Waals surface area contributed by atoms with Gasteiger partial charge in [0, 0.05) is 10.6 Å². The molecule has 2 rings (SSSR count). The third kappa shape index (κ3) is 4.20. The molecule has 0 unspecified atom stereocenters. The van der Waals surface area contributed by atoms with Crippen molar-refractivity contribution >= 4 is 28.6 Å². The van der Waals surface area contributed by atoms with Crippen LogP contribution in [-0.2, 0) is 4.79 Å². The van der Waals surface area contributed by atoms with Crippen LogP contribution >= 0.6 is 11.3 Å². The number of hydrogen-bond donors (Lipinski definition) is 2. The van der Waals surface area contributed by atoms with Gasteiger partial charge in [-0.25, -0.2) is 5.43 Å². The normalized spacial score (nSPS) is 11.2. The Bertz CT molecular complexity index is 588. The highest BCUT2D eigenvalue weighted by atomic mass is 32.1. The van der Waals surface area contributed by atoms with Gasteiger partial charge in [0.15, 0.2) is 0 Å². The number of hydrogen-bond acceptors (Lipinski definition) is 4. The summed E-state index contributed by atoms with van der Waals surface area (Å²) in [5.41, 5.74) is 5.47. The van der Waals surface area contributed by atoms with Gasteiger partial charge in [0.1, 0.15) is 0 Å². The van der Waals surface area contributed by atoms with E-state index in [9.17, 15) is 4.79 Å². The first-order valence-electron chi connectivity index (χ1n) is 6.32. The molecule has 0 aliphatic carbocycles. The molecule has 0 saturated carbocycles. The summed E-state index contributed by atoms with van der Waals surface area (Å²) in [6, 6.07) is 11.8. The molecule has 2 N–H and O–H groups in total. The van der Waals surface area contributed by atoms with Gasteiger partial charge in [-0.3, -0.25) is 4.79 Å². The summed E-state index contributed by atoms with van der Waals surface area (Å²) < 4.78 is 0. The van der Waals surface area contributed by atoms with Crippen molar-refractivity contribution in [1.29, 1.82) is 0 Å². The van der Waals surface area contributed by atoms with E-state index < -0.39 is 0 Å². The largest absolute Gasteiger partial charge is 0.376 e. The number of amides is 1. The maximum Gasteiger partial charge on any atom is 0.259 e. The Balaban J connectivity index is 1.81. The van der Waals surface area contributed by atoms with Gasteiger partial charge >= 0.3 is 0 Å². The van der Waals surface area contributed by atoms with E-state index in [2.05, 4.69) is 15.8 Å². The minimum absolute atomic E-state index is 0.165. The van der Waals surface area contributed by atoms with Crippen LogP contribution in [0.15, 0.2) is 46.9 Å². The van der Waals surface area contributed by atoms with Crippen molar-refractivity contribution in [1.82, 2.24) is 5.43 Å². The number of nitrogens with one attached hydrogen (secondary N) is 2. The SMILES string of the molecule is C/C(=N\NC(=O)CNc1ccc(C)cc1)c1cccs1.